The molecule has 0 radical (unpaired) electrons. The number of fused-ring (bicyclic) bond motifs is 10. The van der Waals surface area contributed by atoms with Crippen LogP contribution < -0.4 is 20.7 Å². The second kappa shape index (κ2) is 13.2. The summed E-state index contributed by atoms with van der Waals surface area (Å²) in [6.07, 6.45) is 5.90. The second-order valence-electron chi connectivity index (χ2n) is 9.70. The van der Waals surface area contributed by atoms with E-state index in [0.717, 1.165) is 11.1 Å². The predicted octanol–water partition coefficient (Wildman–Crippen LogP) is 4.33. The second-order valence-corrected chi connectivity index (χ2v) is 9.70. The number of carbonyl (C=O) groups excluding carboxylic acids is 3. The molecule has 0 spiro atoms. The Kier molecular flexibility index (Phi) is 9.29. The number of hydrogen-bond donors (Lipinski definition) is 3. The minimum Gasteiger partial charge on any atom is -0.483 e. The summed E-state index contributed by atoms with van der Waals surface area (Å²) in [7, 11) is 0. The fraction of sp³-hybridized carbons (Fsp3) is 0.219. The number of rotatable bonds is 6. The SMILES string of the molecule is CC(C)/C=C/C(=O)N[C@@H]1C(=O)N[C@@H](Cc2ccccc2)C(=O)N/C=C\c2ccc(cc2)O[C@H]1c1ccccc1. The molecule has 7 heteroatoms. The molecule has 3 N–H and O–H groups in total. The maximum Gasteiger partial charge on any atom is 0.247 e. The number of amides is 3. The molecular formula is C32H33N3O4. The lowest BCUT2D eigenvalue weighted by molar-refractivity contribution is -0.133. The van der Waals surface area contributed by atoms with Crippen LogP contribution in [0.1, 0.15) is 36.6 Å². The molecular weight excluding hydrogens is 490 g/mol. The van der Waals surface area contributed by atoms with Crippen molar-refractivity contribution in [3.8, 4) is 5.75 Å². The maximum atomic E-state index is 13.9. The van der Waals surface area contributed by atoms with Crippen molar-refractivity contribution in [3.63, 3.8) is 0 Å². The minimum absolute atomic E-state index is 0.153. The zero-order chi connectivity index (χ0) is 27.6. The van der Waals surface area contributed by atoms with Crippen molar-refractivity contribution in [3.05, 3.63) is 120 Å². The highest BCUT2D eigenvalue weighted by Crippen LogP contribution is 2.26. The molecule has 0 fully saturated rings. The Labute approximate surface area is 229 Å². The lowest BCUT2D eigenvalue weighted by atomic mass is 9.99. The first-order chi connectivity index (χ1) is 18.9. The van der Waals surface area contributed by atoms with Crippen LogP contribution in [0.15, 0.2) is 103 Å². The Morgan fingerprint density at radius 1 is 0.923 bits per heavy atom. The van der Waals surface area contributed by atoms with Crippen LogP contribution in [0.3, 0.4) is 0 Å². The van der Waals surface area contributed by atoms with E-state index in [4.69, 9.17) is 4.74 Å². The van der Waals surface area contributed by atoms with Crippen LogP contribution >= 0.6 is 0 Å². The van der Waals surface area contributed by atoms with E-state index in [1.165, 1.54) is 6.08 Å². The van der Waals surface area contributed by atoms with Gasteiger partial charge in [-0.2, -0.15) is 0 Å². The molecule has 2 aliphatic heterocycles. The molecule has 2 heterocycles. The van der Waals surface area contributed by atoms with E-state index in [0.29, 0.717) is 11.3 Å². The molecule has 5 rings (SSSR count). The van der Waals surface area contributed by atoms with Gasteiger partial charge in [-0.05, 0) is 46.9 Å². The third kappa shape index (κ3) is 7.92. The third-order valence-electron chi connectivity index (χ3n) is 6.20. The zero-order valence-electron chi connectivity index (χ0n) is 22.0. The molecule has 3 amide bonds. The van der Waals surface area contributed by atoms with Gasteiger partial charge in [0.05, 0.1) is 0 Å². The molecule has 0 aromatic heterocycles. The van der Waals surface area contributed by atoms with Crippen LogP contribution in [-0.4, -0.2) is 29.8 Å². The first kappa shape index (κ1) is 27.4. The van der Waals surface area contributed by atoms with Crippen molar-refractivity contribution < 1.29 is 19.1 Å². The summed E-state index contributed by atoms with van der Waals surface area (Å²) in [5.41, 5.74) is 2.45. The summed E-state index contributed by atoms with van der Waals surface area (Å²) >= 11 is 0. The number of ether oxygens (including phenoxy) is 1. The molecule has 3 atom stereocenters. The number of hydrogen-bond acceptors (Lipinski definition) is 4. The van der Waals surface area contributed by atoms with Crippen LogP contribution in [0, 0.1) is 5.92 Å². The smallest absolute Gasteiger partial charge is 0.247 e. The summed E-state index contributed by atoms with van der Waals surface area (Å²) < 4.78 is 6.36. The fourth-order valence-electron chi connectivity index (χ4n) is 4.18. The molecule has 0 unspecified atom stereocenters. The van der Waals surface area contributed by atoms with Gasteiger partial charge in [-0.25, -0.2) is 0 Å². The highest BCUT2D eigenvalue weighted by atomic mass is 16.5. The highest BCUT2D eigenvalue weighted by molar-refractivity contribution is 5.95. The predicted molar refractivity (Wildman–Crippen MR) is 151 cm³/mol. The van der Waals surface area contributed by atoms with E-state index in [9.17, 15) is 14.4 Å². The van der Waals surface area contributed by atoms with Gasteiger partial charge in [0.2, 0.25) is 17.7 Å². The van der Waals surface area contributed by atoms with Gasteiger partial charge in [-0.3, -0.25) is 14.4 Å². The van der Waals surface area contributed by atoms with Crippen LogP contribution in [0.25, 0.3) is 6.08 Å². The van der Waals surface area contributed by atoms with E-state index in [2.05, 4.69) is 16.0 Å². The largest absolute Gasteiger partial charge is 0.483 e. The molecule has 200 valence electrons. The van der Waals surface area contributed by atoms with E-state index >= 15 is 0 Å². The Morgan fingerprint density at radius 3 is 2.26 bits per heavy atom. The van der Waals surface area contributed by atoms with Crippen molar-refractivity contribution >= 4 is 23.8 Å². The third-order valence-corrected chi connectivity index (χ3v) is 6.20. The average Bonchev–Trinajstić information content (AvgIpc) is 2.94. The average molecular weight is 524 g/mol. The van der Waals surface area contributed by atoms with Gasteiger partial charge in [-0.1, -0.05) is 92.7 Å². The maximum absolute atomic E-state index is 13.9. The van der Waals surface area contributed by atoms with Crippen LogP contribution in [-0.2, 0) is 20.8 Å². The van der Waals surface area contributed by atoms with Crippen molar-refractivity contribution in [1.82, 2.24) is 16.0 Å². The topological polar surface area (TPSA) is 96.5 Å². The highest BCUT2D eigenvalue weighted by Gasteiger charge is 2.35. The molecule has 0 saturated carbocycles. The Hall–Kier alpha value is -4.65. The molecule has 7 nitrogen and oxygen atoms in total. The van der Waals surface area contributed by atoms with E-state index < -0.39 is 30.0 Å². The first-order valence-corrected chi connectivity index (χ1v) is 13.0. The van der Waals surface area contributed by atoms with Gasteiger partial charge in [0.15, 0.2) is 6.10 Å². The summed E-state index contributed by atoms with van der Waals surface area (Å²) in [6, 6.07) is 23.9. The van der Waals surface area contributed by atoms with Gasteiger partial charge in [0.25, 0.3) is 0 Å². The van der Waals surface area contributed by atoms with E-state index in [1.54, 1.807) is 30.5 Å². The van der Waals surface area contributed by atoms with E-state index in [-0.39, 0.29) is 18.2 Å². The summed E-state index contributed by atoms with van der Waals surface area (Å²) in [4.78, 5) is 40.1. The van der Waals surface area contributed by atoms with Crippen LogP contribution in [0.5, 0.6) is 5.75 Å². The molecule has 0 saturated heterocycles. The van der Waals surface area contributed by atoms with Gasteiger partial charge in [0.1, 0.15) is 17.8 Å². The van der Waals surface area contributed by atoms with Crippen LogP contribution in [0.4, 0.5) is 0 Å². The zero-order valence-corrected chi connectivity index (χ0v) is 22.0. The van der Waals surface area contributed by atoms with Crippen molar-refractivity contribution in [1.29, 1.82) is 0 Å². The number of benzene rings is 3. The normalized spacial score (nSPS) is 20.5. The fourth-order valence-corrected chi connectivity index (χ4v) is 4.18. The van der Waals surface area contributed by atoms with Crippen molar-refractivity contribution in [2.24, 2.45) is 5.92 Å². The van der Waals surface area contributed by atoms with Crippen molar-refractivity contribution in [2.45, 2.75) is 38.5 Å². The van der Waals surface area contributed by atoms with E-state index in [1.807, 2.05) is 86.6 Å². The van der Waals surface area contributed by atoms with Gasteiger partial charge in [-0.15, -0.1) is 0 Å². The van der Waals surface area contributed by atoms with Gasteiger partial charge >= 0.3 is 0 Å². The Balaban J connectivity index is 1.76. The van der Waals surface area contributed by atoms with Crippen molar-refractivity contribution in [2.75, 3.05) is 0 Å². The molecule has 39 heavy (non-hydrogen) atoms. The molecule has 2 aliphatic rings. The lowest BCUT2D eigenvalue weighted by Gasteiger charge is -2.30. The Bertz CT molecular complexity index is 1320. The minimum atomic E-state index is -1.14. The Morgan fingerprint density at radius 2 is 1.59 bits per heavy atom. The molecule has 3 aromatic carbocycles. The standard InChI is InChI=1S/C32H33N3O4/c1-22(2)13-18-28(36)35-29-30(25-11-7-4-8-12-25)39-26-16-14-23(15-17-26)19-20-33-31(37)27(34-32(29)38)21-24-9-5-3-6-10-24/h3-20,22,27,29-30H,21H2,1-2H3,(H,33,37)(H,34,38)(H,35,36)/b18-13+,20-19-/t27-,29-,30-/m0/s1. The van der Waals surface area contributed by atoms with Gasteiger partial charge < -0.3 is 20.7 Å². The molecule has 0 aliphatic carbocycles. The molecule has 3 aromatic rings. The number of carbonyl (C=O) groups is 3. The summed E-state index contributed by atoms with van der Waals surface area (Å²) in [6.45, 7) is 3.91. The first-order valence-electron chi connectivity index (χ1n) is 13.0. The quantitative estimate of drug-likeness (QED) is 0.419. The molecule has 2 bridgehead atoms. The van der Waals surface area contributed by atoms with Gasteiger partial charge in [0, 0.05) is 12.6 Å². The number of allylic oxidation sites excluding steroid dienone is 1. The van der Waals surface area contributed by atoms with Crippen LogP contribution in [0.2, 0.25) is 0 Å². The summed E-state index contributed by atoms with van der Waals surface area (Å²) in [5, 5.41) is 8.49. The lowest BCUT2D eigenvalue weighted by Crippen LogP contribution is -2.56. The number of nitrogens with one attached hydrogen (secondary N) is 3. The summed E-state index contributed by atoms with van der Waals surface area (Å²) in [5.74, 6) is -0.659. The monoisotopic (exact) mass is 523 g/mol.